The van der Waals surface area contributed by atoms with E-state index in [0.717, 1.165) is 0 Å². The highest BCUT2D eigenvalue weighted by Gasteiger charge is 2.11. The van der Waals surface area contributed by atoms with Gasteiger partial charge < -0.3 is 4.74 Å². The molecule has 1 atom stereocenters. The van der Waals surface area contributed by atoms with Gasteiger partial charge in [0.05, 0.1) is 16.8 Å². The fourth-order valence-electron chi connectivity index (χ4n) is 1.04. The second-order valence-electron chi connectivity index (χ2n) is 2.96. The summed E-state index contributed by atoms with van der Waals surface area (Å²) in [5.41, 5.74) is 0. The summed E-state index contributed by atoms with van der Waals surface area (Å²) in [7, 11) is -0.779. The number of rotatable bonds is 3. The second-order valence-corrected chi connectivity index (χ2v) is 7.63. The van der Waals surface area contributed by atoms with Crippen molar-refractivity contribution in [1.29, 1.82) is 0 Å². The van der Waals surface area contributed by atoms with E-state index in [0.29, 0.717) is 5.75 Å². The summed E-state index contributed by atoms with van der Waals surface area (Å²) in [6, 6.07) is 6.09. The summed E-state index contributed by atoms with van der Waals surface area (Å²) in [6.45, 7) is 0. The van der Waals surface area contributed by atoms with Crippen LogP contribution in [-0.2, 0) is 19.0 Å². The van der Waals surface area contributed by atoms with Crippen LogP contribution in [0, 0.1) is 0 Å². The fourth-order valence-corrected chi connectivity index (χ4v) is 4.35. The van der Waals surface area contributed by atoms with Gasteiger partial charge in [-0.15, -0.1) is 0 Å². The van der Waals surface area contributed by atoms with Gasteiger partial charge in [0.25, 0.3) is 0 Å². The lowest BCUT2D eigenvalue weighted by atomic mass is 10.3. The second kappa shape index (κ2) is 4.60. The fraction of sp³-hybridized carbons (Fsp3) is 0.250. The Morgan fingerprint density at radius 3 is 2.06 bits per heavy atom. The Morgan fingerprint density at radius 2 is 1.69 bits per heavy atom. The van der Waals surface area contributed by atoms with Gasteiger partial charge in [-0.1, -0.05) is 3.77 Å². The number of benzene rings is 1. The Balaban J connectivity index is 3.28. The first-order chi connectivity index (χ1) is 7.24. The van der Waals surface area contributed by atoms with E-state index < -0.39 is 19.0 Å². The third-order valence-corrected chi connectivity index (χ3v) is 5.23. The molecule has 90 valence electrons. The van der Waals surface area contributed by atoms with Crippen LogP contribution < -0.4 is 4.74 Å². The van der Waals surface area contributed by atoms with Crippen molar-refractivity contribution in [2.75, 3.05) is 13.4 Å². The van der Waals surface area contributed by atoms with Crippen molar-refractivity contribution < 1.29 is 17.4 Å². The van der Waals surface area contributed by atoms with Crippen molar-refractivity contribution in [2.24, 2.45) is 3.77 Å². The minimum absolute atomic E-state index is 0.275. The molecule has 5 nitrogen and oxygen atoms in total. The number of halogens is 1. The van der Waals surface area contributed by atoms with Gasteiger partial charge in [0.15, 0.2) is 0 Å². The summed E-state index contributed by atoms with van der Waals surface area (Å²) in [5, 5.41) is 0. The monoisotopic (exact) mass is 283 g/mol. The van der Waals surface area contributed by atoms with Gasteiger partial charge in [-0.2, -0.15) is 8.42 Å². The van der Waals surface area contributed by atoms with Gasteiger partial charge in [0.1, 0.15) is 5.75 Å². The molecule has 0 unspecified atom stereocenters. The molecule has 0 bridgehead atoms. The van der Waals surface area contributed by atoms with Crippen LogP contribution in [0.4, 0.5) is 0 Å². The lowest BCUT2D eigenvalue weighted by Crippen LogP contribution is -2.00. The lowest BCUT2D eigenvalue weighted by molar-refractivity contribution is 0.414. The first-order valence-corrected chi connectivity index (χ1v) is 8.26. The maximum Gasteiger partial charge on any atom is 0.347 e. The molecule has 0 radical (unpaired) electrons. The minimum Gasteiger partial charge on any atom is -0.497 e. The molecule has 0 saturated carbocycles. The topological polar surface area (TPSA) is 72.8 Å². The predicted octanol–water partition coefficient (Wildman–Crippen LogP) is 1.64. The average molecular weight is 284 g/mol. The number of ether oxygens (including phenoxy) is 1. The zero-order valence-electron chi connectivity index (χ0n) is 8.58. The zero-order valence-corrected chi connectivity index (χ0v) is 11.0. The number of nitrogens with zero attached hydrogens (tertiary/aromatic N) is 1. The molecule has 8 heteroatoms. The molecule has 0 spiro atoms. The van der Waals surface area contributed by atoms with Gasteiger partial charge in [0.2, 0.25) is 0 Å². The van der Waals surface area contributed by atoms with Crippen LogP contribution >= 0.6 is 10.7 Å². The SMILES string of the molecule is COc1ccc([S@@](C)(=O)=NS(=O)(=O)Cl)cc1. The first-order valence-electron chi connectivity index (χ1n) is 4.07. The molecule has 0 fully saturated rings. The summed E-state index contributed by atoms with van der Waals surface area (Å²) >= 11 is 0. The standard InChI is InChI=1S/C8H10ClNO4S2/c1-14-7-3-5-8(6-4-7)15(2,11)10-16(9,12)13/h3-6H,1-2H3/t15-/m1/s1. The Hall–Kier alpha value is -0.790. The Bertz CT molecular complexity index is 585. The predicted molar refractivity (Wildman–Crippen MR) is 62.5 cm³/mol. The molecule has 0 saturated heterocycles. The van der Waals surface area contributed by atoms with E-state index in [-0.39, 0.29) is 4.90 Å². The highest BCUT2D eigenvalue weighted by atomic mass is 35.7. The van der Waals surface area contributed by atoms with Crippen molar-refractivity contribution in [2.45, 2.75) is 4.90 Å². The maximum atomic E-state index is 11.9. The Kier molecular flexibility index (Phi) is 3.82. The van der Waals surface area contributed by atoms with Gasteiger partial charge >= 0.3 is 9.24 Å². The Morgan fingerprint density at radius 1 is 1.19 bits per heavy atom. The van der Waals surface area contributed by atoms with Crippen LogP contribution in [0.5, 0.6) is 5.75 Å². The molecule has 1 aromatic rings. The molecule has 0 heterocycles. The van der Waals surface area contributed by atoms with E-state index in [1.54, 1.807) is 12.1 Å². The molecule has 1 aromatic carbocycles. The average Bonchev–Trinajstić information content (AvgIpc) is 2.14. The van der Waals surface area contributed by atoms with Crippen LogP contribution in [0.15, 0.2) is 32.9 Å². The van der Waals surface area contributed by atoms with Crippen molar-refractivity contribution in [3.8, 4) is 5.75 Å². The van der Waals surface area contributed by atoms with E-state index >= 15 is 0 Å². The smallest absolute Gasteiger partial charge is 0.347 e. The quantitative estimate of drug-likeness (QED) is 0.791. The van der Waals surface area contributed by atoms with Crippen molar-refractivity contribution in [3.05, 3.63) is 24.3 Å². The molecule has 0 aromatic heterocycles. The largest absolute Gasteiger partial charge is 0.497 e. The number of methoxy groups -OCH3 is 1. The van der Waals surface area contributed by atoms with E-state index in [2.05, 4.69) is 3.77 Å². The van der Waals surface area contributed by atoms with Crippen LogP contribution in [0.3, 0.4) is 0 Å². The molecule has 0 N–H and O–H groups in total. The molecule has 0 aliphatic rings. The van der Waals surface area contributed by atoms with Gasteiger partial charge in [-0.3, -0.25) is 0 Å². The summed E-state index contributed by atoms with van der Waals surface area (Å²) < 4.78 is 41.4. The Labute approximate surface area is 99.1 Å². The summed E-state index contributed by atoms with van der Waals surface area (Å²) in [6.07, 6.45) is 1.20. The van der Waals surface area contributed by atoms with Crippen molar-refractivity contribution in [1.82, 2.24) is 0 Å². The molecule has 0 amide bonds. The minimum atomic E-state index is -4.16. The molecule has 0 aliphatic carbocycles. The van der Waals surface area contributed by atoms with Crippen molar-refractivity contribution in [3.63, 3.8) is 0 Å². The highest BCUT2D eigenvalue weighted by Crippen LogP contribution is 2.18. The molecule has 1 rings (SSSR count). The molecular formula is C8H10ClNO4S2. The number of hydrogen-bond acceptors (Lipinski definition) is 4. The molecule has 16 heavy (non-hydrogen) atoms. The van der Waals surface area contributed by atoms with Crippen molar-refractivity contribution >= 4 is 29.6 Å². The van der Waals surface area contributed by atoms with Crippen LogP contribution in [0.1, 0.15) is 0 Å². The summed E-state index contributed by atoms with van der Waals surface area (Å²) in [4.78, 5) is 0.275. The number of hydrogen-bond donors (Lipinski definition) is 0. The van der Waals surface area contributed by atoms with Crippen LogP contribution in [-0.4, -0.2) is 26.0 Å². The van der Waals surface area contributed by atoms with Gasteiger partial charge in [-0.05, 0) is 24.3 Å². The van der Waals surface area contributed by atoms with E-state index in [1.165, 1.54) is 25.5 Å². The van der Waals surface area contributed by atoms with Crippen LogP contribution in [0.25, 0.3) is 0 Å². The normalized spacial score (nSPS) is 15.2. The summed E-state index contributed by atoms with van der Waals surface area (Å²) in [5.74, 6) is 0.577. The first kappa shape index (κ1) is 13.3. The van der Waals surface area contributed by atoms with Crippen LogP contribution in [0.2, 0.25) is 0 Å². The van der Waals surface area contributed by atoms with E-state index in [4.69, 9.17) is 15.4 Å². The maximum absolute atomic E-state index is 11.9. The zero-order chi connectivity index (χ0) is 12.4. The third kappa shape index (κ3) is 3.66. The van der Waals surface area contributed by atoms with Gasteiger partial charge in [0, 0.05) is 21.8 Å². The van der Waals surface area contributed by atoms with E-state index in [1.807, 2.05) is 0 Å². The highest BCUT2D eigenvalue weighted by molar-refractivity contribution is 8.17. The third-order valence-electron chi connectivity index (χ3n) is 1.73. The lowest BCUT2D eigenvalue weighted by Gasteiger charge is -2.04. The van der Waals surface area contributed by atoms with Gasteiger partial charge in [-0.25, -0.2) is 4.21 Å². The van der Waals surface area contributed by atoms with E-state index in [9.17, 15) is 12.6 Å². The molecule has 0 aliphatic heterocycles. The molecular weight excluding hydrogens is 274 g/mol.